The molecule has 0 bridgehead atoms. The van der Waals surface area contributed by atoms with E-state index in [0.717, 1.165) is 0 Å². The Morgan fingerprint density at radius 1 is 1.15 bits per heavy atom. The van der Waals surface area contributed by atoms with Crippen LogP contribution in [0.25, 0.3) is 0 Å². The SMILES string of the molecule is O=C(CN1C=CSCC1=O)Nc1ccc(Cl)cc1C(=O)c1ccccc1. The van der Waals surface area contributed by atoms with Gasteiger partial charge in [-0.1, -0.05) is 41.9 Å². The monoisotopic (exact) mass is 386 g/mol. The van der Waals surface area contributed by atoms with Gasteiger partial charge in [-0.15, -0.1) is 11.8 Å². The highest BCUT2D eigenvalue weighted by Crippen LogP contribution is 2.24. The summed E-state index contributed by atoms with van der Waals surface area (Å²) in [6.45, 7) is -0.114. The van der Waals surface area contributed by atoms with E-state index in [1.54, 1.807) is 48.0 Å². The van der Waals surface area contributed by atoms with E-state index in [1.807, 2.05) is 6.07 Å². The summed E-state index contributed by atoms with van der Waals surface area (Å²) in [6, 6.07) is 13.5. The molecule has 0 aromatic heterocycles. The van der Waals surface area contributed by atoms with Gasteiger partial charge in [-0.3, -0.25) is 14.4 Å². The number of carbonyl (C=O) groups is 3. The second-order valence-corrected chi connectivity index (χ2v) is 6.88. The van der Waals surface area contributed by atoms with E-state index in [1.165, 1.54) is 22.7 Å². The Morgan fingerprint density at radius 3 is 2.65 bits per heavy atom. The maximum absolute atomic E-state index is 12.8. The minimum absolute atomic E-state index is 0.114. The lowest BCUT2D eigenvalue weighted by molar-refractivity contribution is -0.129. The van der Waals surface area contributed by atoms with E-state index >= 15 is 0 Å². The van der Waals surface area contributed by atoms with Crippen molar-refractivity contribution < 1.29 is 14.4 Å². The van der Waals surface area contributed by atoms with Crippen molar-refractivity contribution in [3.05, 3.63) is 76.3 Å². The van der Waals surface area contributed by atoms with Gasteiger partial charge >= 0.3 is 0 Å². The number of nitrogens with zero attached hydrogens (tertiary/aromatic N) is 1. The Balaban J connectivity index is 1.80. The highest BCUT2D eigenvalue weighted by Gasteiger charge is 2.20. The molecular weight excluding hydrogens is 372 g/mol. The number of carbonyl (C=O) groups excluding carboxylic acids is 3. The van der Waals surface area contributed by atoms with Gasteiger partial charge in [0.1, 0.15) is 6.54 Å². The smallest absolute Gasteiger partial charge is 0.244 e. The van der Waals surface area contributed by atoms with Crippen molar-refractivity contribution in [1.29, 1.82) is 0 Å². The molecule has 1 aliphatic heterocycles. The van der Waals surface area contributed by atoms with Gasteiger partial charge in [-0.25, -0.2) is 0 Å². The average Bonchev–Trinajstić information content (AvgIpc) is 2.65. The molecular formula is C19H15ClN2O3S. The van der Waals surface area contributed by atoms with Crippen LogP contribution in [0.1, 0.15) is 15.9 Å². The van der Waals surface area contributed by atoms with E-state index in [4.69, 9.17) is 11.6 Å². The molecule has 26 heavy (non-hydrogen) atoms. The van der Waals surface area contributed by atoms with Crippen molar-refractivity contribution in [2.75, 3.05) is 17.6 Å². The molecule has 0 spiro atoms. The van der Waals surface area contributed by atoms with Crippen molar-refractivity contribution in [3.63, 3.8) is 0 Å². The molecule has 3 rings (SSSR count). The normalized spacial score (nSPS) is 13.6. The molecule has 7 heteroatoms. The Bertz CT molecular complexity index is 884. The van der Waals surface area contributed by atoms with Crippen molar-refractivity contribution >= 4 is 46.6 Å². The van der Waals surface area contributed by atoms with Gasteiger partial charge in [-0.05, 0) is 23.6 Å². The van der Waals surface area contributed by atoms with Gasteiger partial charge in [0.2, 0.25) is 11.8 Å². The third-order valence-corrected chi connectivity index (χ3v) is 4.68. The molecule has 1 heterocycles. The molecule has 0 atom stereocenters. The lowest BCUT2D eigenvalue weighted by atomic mass is 10.0. The number of amides is 2. The van der Waals surface area contributed by atoms with E-state index in [9.17, 15) is 14.4 Å². The fourth-order valence-electron chi connectivity index (χ4n) is 2.45. The first kappa shape index (κ1) is 18.2. The van der Waals surface area contributed by atoms with Gasteiger partial charge in [0.25, 0.3) is 0 Å². The Kier molecular flexibility index (Phi) is 5.75. The summed E-state index contributed by atoms with van der Waals surface area (Å²) < 4.78 is 0. The van der Waals surface area contributed by atoms with Crippen LogP contribution in [0.3, 0.4) is 0 Å². The molecule has 0 radical (unpaired) electrons. The topological polar surface area (TPSA) is 66.5 Å². The van der Waals surface area contributed by atoms with Crippen LogP contribution in [0.2, 0.25) is 5.02 Å². The largest absolute Gasteiger partial charge is 0.324 e. The van der Waals surface area contributed by atoms with Gasteiger partial charge < -0.3 is 10.2 Å². The molecule has 1 aliphatic rings. The summed E-state index contributed by atoms with van der Waals surface area (Å²) in [5, 5.41) is 4.87. The quantitative estimate of drug-likeness (QED) is 0.798. The Morgan fingerprint density at radius 2 is 1.92 bits per heavy atom. The lowest BCUT2D eigenvalue weighted by Crippen LogP contribution is -2.36. The van der Waals surface area contributed by atoms with Crippen LogP contribution in [0.5, 0.6) is 0 Å². The number of hydrogen-bond acceptors (Lipinski definition) is 4. The molecule has 0 saturated carbocycles. The minimum Gasteiger partial charge on any atom is -0.324 e. The first-order valence-electron chi connectivity index (χ1n) is 7.81. The highest BCUT2D eigenvalue weighted by atomic mass is 35.5. The van der Waals surface area contributed by atoms with E-state index in [2.05, 4.69) is 5.32 Å². The van der Waals surface area contributed by atoms with Crippen LogP contribution in [0.15, 0.2) is 60.1 Å². The van der Waals surface area contributed by atoms with Crippen LogP contribution in [0.4, 0.5) is 5.69 Å². The van der Waals surface area contributed by atoms with Crippen LogP contribution in [-0.4, -0.2) is 34.8 Å². The average molecular weight is 387 g/mol. The minimum atomic E-state index is -0.390. The fraction of sp³-hybridized carbons (Fsp3) is 0.105. The zero-order chi connectivity index (χ0) is 18.5. The number of halogens is 1. The summed E-state index contributed by atoms with van der Waals surface area (Å²) in [5.41, 5.74) is 1.15. The van der Waals surface area contributed by atoms with E-state index in [-0.39, 0.29) is 24.1 Å². The van der Waals surface area contributed by atoms with Crippen molar-refractivity contribution in [2.45, 2.75) is 0 Å². The van der Waals surface area contributed by atoms with Crippen LogP contribution in [-0.2, 0) is 9.59 Å². The van der Waals surface area contributed by atoms with E-state index in [0.29, 0.717) is 27.6 Å². The zero-order valence-corrected chi connectivity index (χ0v) is 15.2. The molecule has 132 valence electrons. The summed E-state index contributed by atoms with van der Waals surface area (Å²) in [4.78, 5) is 38.2. The zero-order valence-electron chi connectivity index (χ0n) is 13.6. The highest BCUT2D eigenvalue weighted by molar-refractivity contribution is 8.02. The number of nitrogens with one attached hydrogen (secondary N) is 1. The van der Waals surface area contributed by atoms with Gasteiger partial charge in [0.15, 0.2) is 5.78 Å². The first-order chi connectivity index (χ1) is 12.5. The first-order valence-corrected chi connectivity index (χ1v) is 9.24. The van der Waals surface area contributed by atoms with Crippen molar-refractivity contribution in [3.8, 4) is 0 Å². The molecule has 2 aromatic carbocycles. The maximum atomic E-state index is 12.8. The van der Waals surface area contributed by atoms with Crippen LogP contribution < -0.4 is 5.32 Å². The molecule has 1 N–H and O–H groups in total. The van der Waals surface area contributed by atoms with E-state index < -0.39 is 0 Å². The maximum Gasteiger partial charge on any atom is 0.244 e. The molecule has 0 fully saturated rings. The predicted molar refractivity (Wildman–Crippen MR) is 103 cm³/mol. The standard InChI is InChI=1S/C19H15ClN2O3S/c20-14-6-7-16(15(10-14)19(25)13-4-2-1-3-5-13)21-17(23)11-22-8-9-26-12-18(22)24/h1-10H,11-12H2,(H,21,23). The second kappa shape index (κ2) is 8.21. The van der Waals surface area contributed by atoms with Gasteiger partial charge in [0, 0.05) is 22.3 Å². The Labute approximate surface area is 160 Å². The Hall–Kier alpha value is -2.57. The van der Waals surface area contributed by atoms with Crippen molar-refractivity contribution in [1.82, 2.24) is 4.90 Å². The lowest BCUT2D eigenvalue weighted by Gasteiger charge is -2.20. The molecule has 2 aromatic rings. The number of benzene rings is 2. The number of rotatable bonds is 5. The summed E-state index contributed by atoms with van der Waals surface area (Å²) in [5.74, 6) is -0.458. The number of anilines is 1. The number of hydrogen-bond donors (Lipinski definition) is 1. The fourth-order valence-corrected chi connectivity index (χ4v) is 3.26. The second-order valence-electron chi connectivity index (χ2n) is 5.55. The summed E-state index contributed by atoms with van der Waals surface area (Å²) in [6.07, 6.45) is 1.58. The third kappa shape index (κ3) is 4.33. The molecule has 0 saturated heterocycles. The molecule has 2 amide bonds. The number of thioether (sulfide) groups is 1. The molecule has 5 nitrogen and oxygen atoms in total. The molecule has 0 aliphatic carbocycles. The predicted octanol–water partition coefficient (Wildman–Crippen LogP) is 3.56. The van der Waals surface area contributed by atoms with Gasteiger partial charge in [-0.2, -0.15) is 0 Å². The number of ketones is 1. The summed E-state index contributed by atoms with van der Waals surface area (Å²) >= 11 is 7.41. The summed E-state index contributed by atoms with van der Waals surface area (Å²) in [7, 11) is 0. The molecule has 0 unspecified atom stereocenters. The van der Waals surface area contributed by atoms with Crippen LogP contribution in [0, 0.1) is 0 Å². The third-order valence-electron chi connectivity index (χ3n) is 3.71. The van der Waals surface area contributed by atoms with Crippen molar-refractivity contribution in [2.24, 2.45) is 0 Å². The van der Waals surface area contributed by atoms with Gasteiger partial charge in [0.05, 0.1) is 11.4 Å². The van der Waals surface area contributed by atoms with Crippen LogP contribution >= 0.6 is 23.4 Å².